The Labute approximate surface area is 209 Å². The Bertz CT molecular complexity index is 1490. The zero-order valence-electron chi connectivity index (χ0n) is 20.1. The molecule has 0 amide bonds. The maximum absolute atomic E-state index is 14.9. The second-order valence-corrected chi connectivity index (χ2v) is 9.50. The highest BCUT2D eigenvalue weighted by atomic mass is 19.3. The smallest absolute Gasteiger partial charge is 0.333 e. The summed E-state index contributed by atoms with van der Waals surface area (Å²) in [6, 6.07) is 3.28. The topological polar surface area (TPSA) is 81.9 Å². The van der Waals surface area contributed by atoms with Crippen LogP contribution in [0.3, 0.4) is 0 Å². The number of aryl methyl sites for hydroxylation is 2. The molecule has 1 aromatic carbocycles. The van der Waals surface area contributed by atoms with E-state index in [2.05, 4.69) is 25.0 Å². The largest absolute Gasteiger partial charge is 0.366 e. The lowest BCUT2D eigenvalue weighted by Crippen LogP contribution is -2.45. The van der Waals surface area contributed by atoms with E-state index in [9.17, 15) is 17.6 Å². The van der Waals surface area contributed by atoms with Gasteiger partial charge in [-0.05, 0) is 44.7 Å². The van der Waals surface area contributed by atoms with Crippen molar-refractivity contribution >= 4 is 17.1 Å². The molecule has 0 radical (unpaired) electrons. The second kappa shape index (κ2) is 9.02. The molecule has 8 nitrogen and oxygen atoms in total. The van der Waals surface area contributed by atoms with Gasteiger partial charge >= 0.3 is 6.55 Å². The van der Waals surface area contributed by atoms with Crippen LogP contribution in [0.4, 0.5) is 23.5 Å². The van der Waals surface area contributed by atoms with E-state index >= 15 is 0 Å². The molecule has 2 unspecified atom stereocenters. The zero-order chi connectivity index (χ0) is 25.8. The molecule has 0 spiro atoms. The van der Waals surface area contributed by atoms with Crippen LogP contribution in [0.5, 0.6) is 0 Å². The van der Waals surface area contributed by atoms with Gasteiger partial charge in [-0.2, -0.15) is 18.9 Å². The number of benzene rings is 1. The number of halogens is 4. The van der Waals surface area contributed by atoms with E-state index in [-0.39, 0.29) is 35.5 Å². The van der Waals surface area contributed by atoms with Crippen molar-refractivity contribution in [1.29, 1.82) is 0 Å². The summed E-state index contributed by atoms with van der Waals surface area (Å²) in [7, 11) is 0. The number of anilines is 1. The van der Waals surface area contributed by atoms with E-state index in [1.54, 1.807) is 13.8 Å². The van der Waals surface area contributed by atoms with Crippen molar-refractivity contribution in [3.05, 3.63) is 59.2 Å². The zero-order valence-corrected chi connectivity index (χ0v) is 20.1. The predicted octanol–water partition coefficient (Wildman–Crippen LogP) is 4.93. The molecule has 0 N–H and O–H groups in total. The fourth-order valence-electron chi connectivity index (χ4n) is 4.60. The summed E-state index contributed by atoms with van der Waals surface area (Å²) in [6.07, 6.45) is 3.98. The number of hydrogen-bond donors (Lipinski definition) is 0. The van der Waals surface area contributed by atoms with Gasteiger partial charge in [-0.25, -0.2) is 28.4 Å². The molecule has 6 rings (SSSR count). The van der Waals surface area contributed by atoms with Crippen LogP contribution in [0.2, 0.25) is 0 Å². The molecule has 1 aliphatic carbocycles. The third-order valence-corrected chi connectivity index (χ3v) is 6.87. The number of alkyl halides is 2. The van der Waals surface area contributed by atoms with Gasteiger partial charge in [-0.1, -0.05) is 0 Å². The highest BCUT2D eigenvalue weighted by Crippen LogP contribution is 2.40. The number of fused-ring (bicyclic) bond motifs is 1. The highest BCUT2D eigenvalue weighted by Gasteiger charge is 2.40. The van der Waals surface area contributed by atoms with Crippen LogP contribution < -0.4 is 4.90 Å². The van der Waals surface area contributed by atoms with E-state index in [1.807, 2.05) is 4.90 Å². The van der Waals surface area contributed by atoms with E-state index in [0.29, 0.717) is 39.6 Å². The maximum Gasteiger partial charge on any atom is 0.333 e. The van der Waals surface area contributed by atoms with Crippen LogP contribution in [0.25, 0.3) is 22.4 Å². The van der Waals surface area contributed by atoms with Crippen molar-refractivity contribution in [1.82, 2.24) is 29.7 Å². The maximum atomic E-state index is 14.9. The molecule has 192 valence electrons. The quantitative estimate of drug-likeness (QED) is 0.350. The van der Waals surface area contributed by atoms with E-state index < -0.39 is 24.3 Å². The third-order valence-electron chi connectivity index (χ3n) is 6.87. The average Bonchev–Trinajstić information content (AvgIpc) is 3.60. The molecule has 4 aromatic rings. The first-order valence-electron chi connectivity index (χ1n) is 12.0. The van der Waals surface area contributed by atoms with Crippen LogP contribution in [0.1, 0.15) is 42.4 Å². The van der Waals surface area contributed by atoms with Crippen molar-refractivity contribution in [2.24, 2.45) is 5.92 Å². The van der Waals surface area contributed by atoms with Gasteiger partial charge in [-0.15, -0.1) is 0 Å². The van der Waals surface area contributed by atoms with Crippen molar-refractivity contribution < 1.29 is 22.3 Å². The van der Waals surface area contributed by atoms with Crippen LogP contribution in [0, 0.1) is 31.4 Å². The molecular weight excluding hydrogens is 490 g/mol. The van der Waals surface area contributed by atoms with Crippen LogP contribution in [-0.4, -0.2) is 48.9 Å². The van der Waals surface area contributed by atoms with Gasteiger partial charge in [0.05, 0.1) is 30.2 Å². The first-order chi connectivity index (χ1) is 17.8. The normalized spacial score (nSPS) is 20.2. The first kappa shape index (κ1) is 23.7. The lowest BCUT2D eigenvalue weighted by molar-refractivity contribution is -0.0391. The molecule has 3 aromatic heterocycles. The molecule has 4 heterocycles. The van der Waals surface area contributed by atoms with Gasteiger partial charge < -0.3 is 9.64 Å². The Balaban J connectivity index is 1.45. The summed E-state index contributed by atoms with van der Waals surface area (Å²) in [5.74, 6) is -0.856. The molecule has 2 atom stereocenters. The van der Waals surface area contributed by atoms with Gasteiger partial charge in [0, 0.05) is 29.9 Å². The summed E-state index contributed by atoms with van der Waals surface area (Å²) in [4.78, 5) is 20.4. The number of ether oxygens (including phenoxy) is 1. The van der Waals surface area contributed by atoms with Gasteiger partial charge in [0.1, 0.15) is 28.9 Å². The Hall–Kier alpha value is -3.67. The standard InChI is InChI=1S/C25H23F4N7O/c1-12-13(2)32-23-22(31-12)21(17-6-5-16(26)7-18(17)27)33-25(34-23)35-10-19(14-3-4-14)37-20(11-35)15-8-30-36(9-15)24(28)29/h5-9,14,19-20,24H,3-4,10-11H2,1-2H3. The lowest BCUT2D eigenvalue weighted by Gasteiger charge is -2.38. The molecule has 2 fully saturated rings. The van der Waals surface area contributed by atoms with Gasteiger partial charge in [0.25, 0.3) is 0 Å². The molecular formula is C25H23F4N7O. The second-order valence-electron chi connectivity index (χ2n) is 9.50. The highest BCUT2D eigenvalue weighted by molar-refractivity contribution is 5.88. The van der Waals surface area contributed by atoms with Crippen molar-refractivity contribution in [3.8, 4) is 11.3 Å². The summed E-state index contributed by atoms with van der Waals surface area (Å²) >= 11 is 0. The number of aromatic nitrogens is 6. The summed E-state index contributed by atoms with van der Waals surface area (Å²) < 4.78 is 61.7. The fourth-order valence-corrected chi connectivity index (χ4v) is 4.60. The molecule has 1 aliphatic heterocycles. The Morgan fingerprint density at radius 3 is 2.49 bits per heavy atom. The minimum Gasteiger partial charge on any atom is -0.366 e. The third kappa shape index (κ3) is 4.50. The molecule has 37 heavy (non-hydrogen) atoms. The predicted molar refractivity (Wildman–Crippen MR) is 126 cm³/mol. The SMILES string of the molecule is Cc1nc2nc(N3CC(c4cnn(C(F)F)c4)OC(C4CC4)C3)nc(-c3ccc(F)cc3F)c2nc1C. The molecule has 1 saturated carbocycles. The number of rotatable bonds is 5. The lowest BCUT2D eigenvalue weighted by atomic mass is 10.1. The Morgan fingerprint density at radius 1 is 1.00 bits per heavy atom. The Morgan fingerprint density at radius 2 is 1.78 bits per heavy atom. The summed E-state index contributed by atoms with van der Waals surface area (Å²) in [5.41, 5.74) is 2.69. The Kier molecular flexibility index (Phi) is 5.78. The minimum atomic E-state index is -2.75. The summed E-state index contributed by atoms with van der Waals surface area (Å²) in [5, 5.41) is 3.75. The monoisotopic (exact) mass is 513 g/mol. The molecule has 0 bridgehead atoms. The molecule has 2 aliphatic rings. The van der Waals surface area contributed by atoms with Crippen molar-refractivity contribution in [3.63, 3.8) is 0 Å². The average molecular weight is 513 g/mol. The van der Waals surface area contributed by atoms with Crippen molar-refractivity contribution in [2.75, 3.05) is 18.0 Å². The van der Waals surface area contributed by atoms with Gasteiger partial charge in [-0.3, -0.25) is 0 Å². The number of hydrogen-bond acceptors (Lipinski definition) is 7. The summed E-state index contributed by atoms with van der Waals surface area (Å²) in [6.45, 7) is 1.57. The molecule has 12 heteroatoms. The molecule has 1 saturated heterocycles. The number of nitrogens with zero attached hydrogens (tertiary/aromatic N) is 7. The van der Waals surface area contributed by atoms with Gasteiger partial charge in [0.15, 0.2) is 5.65 Å². The van der Waals surface area contributed by atoms with Gasteiger partial charge in [0.2, 0.25) is 5.95 Å². The minimum absolute atomic E-state index is 0.0781. The van der Waals surface area contributed by atoms with E-state index in [1.165, 1.54) is 18.5 Å². The van der Waals surface area contributed by atoms with Crippen LogP contribution in [-0.2, 0) is 4.74 Å². The van der Waals surface area contributed by atoms with Crippen LogP contribution in [0.15, 0.2) is 30.6 Å². The van der Waals surface area contributed by atoms with E-state index in [4.69, 9.17) is 4.74 Å². The van der Waals surface area contributed by atoms with Crippen LogP contribution >= 0.6 is 0 Å². The van der Waals surface area contributed by atoms with Crippen molar-refractivity contribution in [2.45, 2.75) is 45.4 Å². The first-order valence-corrected chi connectivity index (χ1v) is 12.0. The van der Waals surface area contributed by atoms with E-state index in [0.717, 1.165) is 25.0 Å². The number of morpholine rings is 1. The fraction of sp³-hybridized carbons (Fsp3) is 0.400.